The van der Waals surface area contributed by atoms with Crippen molar-refractivity contribution < 1.29 is 4.79 Å². The van der Waals surface area contributed by atoms with Crippen LogP contribution in [0.4, 0.5) is 0 Å². The fourth-order valence-corrected chi connectivity index (χ4v) is 4.56. The second-order valence-corrected chi connectivity index (χ2v) is 7.40. The molecule has 3 aromatic rings. The van der Waals surface area contributed by atoms with Gasteiger partial charge in [0, 0.05) is 24.3 Å². The van der Waals surface area contributed by atoms with Gasteiger partial charge in [-0.25, -0.2) is 4.98 Å². The molecule has 0 bridgehead atoms. The van der Waals surface area contributed by atoms with E-state index in [4.69, 9.17) is 0 Å². The molecule has 2 aromatic heterocycles. The van der Waals surface area contributed by atoms with Crippen LogP contribution in [0.1, 0.15) is 34.7 Å². The lowest BCUT2D eigenvalue weighted by molar-refractivity contribution is -0.121. The lowest BCUT2D eigenvalue weighted by Crippen LogP contribution is -2.23. The minimum Gasteiger partial charge on any atom is -0.352 e. The molecule has 25 heavy (non-hydrogen) atoms. The van der Waals surface area contributed by atoms with Gasteiger partial charge in [-0.1, -0.05) is 30.3 Å². The zero-order valence-corrected chi connectivity index (χ0v) is 14.6. The summed E-state index contributed by atoms with van der Waals surface area (Å²) in [5.41, 5.74) is 2.18. The third kappa shape index (κ3) is 3.35. The molecule has 0 radical (unpaired) electrons. The van der Waals surface area contributed by atoms with Crippen molar-refractivity contribution in [3.8, 4) is 0 Å². The van der Waals surface area contributed by atoms with Crippen molar-refractivity contribution in [2.75, 3.05) is 0 Å². The second-order valence-electron chi connectivity index (χ2n) is 6.31. The number of rotatable bonds is 5. The predicted molar refractivity (Wildman–Crippen MR) is 98.9 cm³/mol. The van der Waals surface area contributed by atoms with Gasteiger partial charge in [0.2, 0.25) is 5.91 Å². The van der Waals surface area contributed by atoms with Crippen LogP contribution in [0.2, 0.25) is 0 Å². The van der Waals surface area contributed by atoms with Crippen LogP contribution in [-0.2, 0) is 30.6 Å². The van der Waals surface area contributed by atoms with E-state index in [0.717, 1.165) is 35.0 Å². The van der Waals surface area contributed by atoms with Crippen LogP contribution >= 0.6 is 11.3 Å². The summed E-state index contributed by atoms with van der Waals surface area (Å²) in [5.74, 6) is 0.549. The number of nitrogens with one attached hydrogen (secondary N) is 2. The number of nitrogens with zero attached hydrogens (tertiary/aromatic N) is 1. The monoisotopic (exact) mass is 353 g/mol. The number of hydrogen-bond acceptors (Lipinski definition) is 4. The molecule has 0 saturated heterocycles. The molecule has 0 unspecified atom stereocenters. The Bertz CT molecular complexity index is 975. The molecule has 0 aliphatic heterocycles. The number of carbonyl (C=O) groups excluding carboxylic acids is 1. The van der Waals surface area contributed by atoms with Crippen molar-refractivity contribution in [3.05, 3.63) is 62.5 Å². The van der Waals surface area contributed by atoms with Crippen molar-refractivity contribution >= 4 is 27.5 Å². The van der Waals surface area contributed by atoms with Gasteiger partial charge in [0.05, 0.1) is 5.39 Å². The van der Waals surface area contributed by atoms with Crippen LogP contribution in [0, 0.1) is 0 Å². The maximum atomic E-state index is 12.4. The van der Waals surface area contributed by atoms with Crippen LogP contribution < -0.4 is 10.9 Å². The summed E-state index contributed by atoms with van der Waals surface area (Å²) in [6, 6.07) is 9.80. The van der Waals surface area contributed by atoms with Gasteiger partial charge >= 0.3 is 0 Å². The molecule has 2 N–H and O–H groups in total. The summed E-state index contributed by atoms with van der Waals surface area (Å²) in [4.78, 5) is 33.9. The van der Waals surface area contributed by atoms with E-state index in [1.54, 1.807) is 11.3 Å². The largest absolute Gasteiger partial charge is 0.352 e. The van der Waals surface area contributed by atoms with E-state index in [1.807, 2.05) is 30.3 Å². The molecule has 0 fully saturated rings. The molecule has 5 nitrogen and oxygen atoms in total. The van der Waals surface area contributed by atoms with Crippen LogP contribution in [-0.4, -0.2) is 15.9 Å². The molecule has 1 aromatic carbocycles. The minimum absolute atomic E-state index is 0.0414. The van der Waals surface area contributed by atoms with Gasteiger partial charge < -0.3 is 10.3 Å². The summed E-state index contributed by atoms with van der Waals surface area (Å²) in [7, 11) is 0. The number of aryl methyl sites for hydroxylation is 3. The number of thiophene rings is 1. The number of aromatic nitrogens is 2. The van der Waals surface area contributed by atoms with Gasteiger partial charge in [-0.05, 0) is 30.4 Å². The van der Waals surface area contributed by atoms with Gasteiger partial charge in [0.1, 0.15) is 10.7 Å². The van der Waals surface area contributed by atoms with Crippen molar-refractivity contribution in [2.45, 2.75) is 38.6 Å². The van der Waals surface area contributed by atoms with Crippen molar-refractivity contribution in [3.63, 3.8) is 0 Å². The maximum Gasteiger partial charge on any atom is 0.259 e. The van der Waals surface area contributed by atoms with E-state index in [0.29, 0.717) is 25.2 Å². The second kappa shape index (κ2) is 6.80. The Hall–Kier alpha value is -2.47. The molecule has 1 aliphatic carbocycles. The first-order valence-electron chi connectivity index (χ1n) is 8.55. The first kappa shape index (κ1) is 16.0. The average Bonchev–Trinajstić information content (AvgIpc) is 3.19. The molecule has 1 amide bonds. The van der Waals surface area contributed by atoms with Crippen molar-refractivity contribution in [1.82, 2.24) is 15.3 Å². The van der Waals surface area contributed by atoms with Crippen LogP contribution in [0.15, 0.2) is 35.1 Å². The lowest BCUT2D eigenvalue weighted by atomic mass is 10.2. The Labute approximate surface area is 149 Å². The molecule has 6 heteroatoms. The minimum atomic E-state index is -0.0657. The van der Waals surface area contributed by atoms with Crippen LogP contribution in [0.3, 0.4) is 0 Å². The van der Waals surface area contributed by atoms with Crippen molar-refractivity contribution in [2.24, 2.45) is 0 Å². The fraction of sp³-hybridized carbons (Fsp3) is 0.316. The first-order chi connectivity index (χ1) is 12.2. The normalized spacial score (nSPS) is 13.1. The number of aromatic amines is 1. The van der Waals surface area contributed by atoms with E-state index in [1.165, 1.54) is 10.4 Å². The van der Waals surface area contributed by atoms with Gasteiger partial charge in [0.15, 0.2) is 0 Å². The highest BCUT2D eigenvalue weighted by molar-refractivity contribution is 7.18. The lowest BCUT2D eigenvalue weighted by Gasteiger charge is -2.05. The standard InChI is InChI=1S/C19H19N3O2S/c23-16(20-11-12-5-2-1-3-6-12)10-9-15-21-18(24)17-13-7-4-8-14(13)25-19(17)22-15/h1-3,5-6H,4,7-11H2,(H,20,23)(H,21,22,24). The maximum absolute atomic E-state index is 12.4. The number of hydrogen-bond donors (Lipinski definition) is 2. The third-order valence-electron chi connectivity index (χ3n) is 4.55. The predicted octanol–water partition coefficient (Wildman–Crippen LogP) is 2.72. The molecule has 0 saturated carbocycles. The molecular weight excluding hydrogens is 334 g/mol. The third-order valence-corrected chi connectivity index (χ3v) is 5.73. The Kier molecular flexibility index (Phi) is 4.36. The number of benzene rings is 1. The molecular formula is C19H19N3O2S. The molecule has 1 aliphatic rings. The number of amides is 1. The van der Waals surface area contributed by atoms with Gasteiger partial charge in [-0.3, -0.25) is 9.59 Å². The molecule has 128 valence electrons. The van der Waals surface area contributed by atoms with E-state index in [9.17, 15) is 9.59 Å². The first-order valence-corrected chi connectivity index (χ1v) is 9.36. The Morgan fingerprint density at radius 2 is 2.08 bits per heavy atom. The quantitative estimate of drug-likeness (QED) is 0.741. The number of fused-ring (bicyclic) bond motifs is 3. The summed E-state index contributed by atoms with van der Waals surface area (Å²) in [5, 5.41) is 3.66. The summed E-state index contributed by atoms with van der Waals surface area (Å²) in [6.07, 6.45) is 3.90. The molecule has 0 spiro atoms. The van der Waals surface area contributed by atoms with E-state index >= 15 is 0 Å². The zero-order chi connectivity index (χ0) is 17.2. The highest BCUT2D eigenvalue weighted by atomic mass is 32.1. The highest BCUT2D eigenvalue weighted by Crippen LogP contribution is 2.34. The van der Waals surface area contributed by atoms with Crippen molar-refractivity contribution in [1.29, 1.82) is 0 Å². The average molecular weight is 353 g/mol. The van der Waals surface area contributed by atoms with Gasteiger partial charge in [-0.2, -0.15) is 0 Å². The summed E-state index contributed by atoms with van der Waals surface area (Å²) < 4.78 is 0. The molecule has 2 heterocycles. The summed E-state index contributed by atoms with van der Waals surface area (Å²) >= 11 is 1.62. The zero-order valence-electron chi connectivity index (χ0n) is 13.8. The molecule has 0 atom stereocenters. The Morgan fingerprint density at radius 3 is 2.92 bits per heavy atom. The SMILES string of the molecule is O=C(CCc1nc2sc3c(c2c(=O)[nH]1)CCC3)NCc1ccccc1. The highest BCUT2D eigenvalue weighted by Gasteiger charge is 2.21. The smallest absolute Gasteiger partial charge is 0.259 e. The van der Waals surface area contributed by atoms with E-state index < -0.39 is 0 Å². The number of H-pyrrole nitrogens is 1. The van der Waals surface area contributed by atoms with E-state index in [2.05, 4.69) is 15.3 Å². The van der Waals surface area contributed by atoms with Gasteiger partial charge in [-0.15, -0.1) is 11.3 Å². The van der Waals surface area contributed by atoms with Crippen LogP contribution in [0.25, 0.3) is 10.2 Å². The summed E-state index contributed by atoms with van der Waals surface area (Å²) in [6.45, 7) is 0.514. The van der Waals surface area contributed by atoms with E-state index in [-0.39, 0.29) is 11.5 Å². The Balaban J connectivity index is 1.41. The number of carbonyl (C=O) groups is 1. The Morgan fingerprint density at radius 1 is 1.24 bits per heavy atom. The van der Waals surface area contributed by atoms with Crippen LogP contribution in [0.5, 0.6) is 0 Å². The molecule has 4 rings (SSSR count). The van der Waals surface area contributed by atoms with Gasteiger partial charge in [0.25, 0.3) is 5.56 Å². The topological polar surface area (TPSA) is 74.8 Å². The fourth-order valence-electron chi connectivity index (χ4n) is 3.28.